The minimum atomic E-state index is 0.496. The molecular weight excluding hydrogens is 234 g/mol. The van der Waals surface area contributed by atoms with Crippen molar-refractivity contribution < 1.29 is 4.74 Å². The van der Waals surface area contributed by atoms with E-state index in [4.69, 9.17) is 4.74 Å². The number of ether oxygens (including phenoxy) is 1. The van der Waals surface area contributed by atoms with Crippen LogP contribution in [-0.4, -0.2) is 18.7 Å². The summed E-state index contributed by atoms with van der Waals surface area (Å²) in [6.45, 7) is 1.99. The lowest BCUT2D eigenvalue weighted by atomic mass is 9.76. The van der Waals surface area contributed by atoms with Crippen molar-refractivity contribution >= 4 is 0 Å². The Morgan fingerprint density at radius 3 is 2.74 bits per heavy atom. The number of nitrogens with one attached hydrogen (secondary N) is 1. The van der Waals surface area contributed by atoms with E-state index in [-0.39, 0.29) is 0 Å². The van der Waals surface area contributed by atoms with Gasteiger partial charge in [-0.05, 0) is 43.7 Å². The van der Waals surface area contributed by atoms with E-state index >= 15 is 0 Å². The highest BCUT2D eigenvalue weighted by molar-refractivity contribution is 5.13. The maximum Gasteiger partial charge on any atom is 0.0720 e. The van der Waals surface area contributed by atoms with Crippen LogP contribution in [0.2, 0.25) is 0 Å². The molecule has 1 saturated carbocycles. The van der Waals surface area contributed by atoms with E-state index in [1.165, 1.54) is 50.6 Å². The van der Waals surface area contributed by atoms with Gasteiger partial charge in [-0.1, -0.05) is 43.2 Å². The first-order valence-corrected chi connectivity index (χ1v) is 7.81. The van der Waals surface area contributed by atoms with Gasteiger partial charge in [0.2, 0.25) is 0 Å². The van der Waals surface area contributed by atoms with Crippen LogP contribution in [0.4, 0.5) is 0 Å². The Balaban J connectivity index is 1.38. The summed E-state index contributed by atoms with van der Waals surface area (Å²) in [5.74, 6) is 0.860. The summed E-state index contributed by atoms with van der Waals surface area (Å²) < 4.78 is 5.99. The third-order valence-corrected chi connectivity index (χ3v) is 4.63. The molecule has 1 N–H and O–H groups in total. The summed E-state index contributed by atoms with van der Waals surface area (Å²) in [5, 5.41) is 3.72. The fourth-order valence-electron chi connectivity index (χ4n) is 3.32. The van der Waals surface area contributed by atoms with Crippen LogP contribution in [0.25, 0.3) is 0 Å². The minimum Gasteiger partial charge on any atom is -0.374 e. The Morgan fingerprint density at radius 1 is 1.05 bits per heavy atom. The van der Waals surface area contributed by atoms with E-state index < -0.39 is 0 Å². The lowest BCUT2D eigenvalue weighted by molar-refractivity contribution is -0.0500. The fourth-order valence-corrected chi connectivity index (χ4v) is 3.32. The predicted molar refractivity (Wildman–Crippen MR) is 78.0 cm³/mol. The van der Waals surface area contributed by atoms with Crippen LogP contribution in [0, 0.1) is 5.92 Å². The molecule has 19 heavy (non-hydrogen) atoms. The van der Waals surface area contributed by atoms with Crippen molar-refractivity contribution in [2.24, 2.45) is 5.92 Å². The van der Waals surface area contributed by atoms with Crippen LogP contribution >= 0.6 is 0 Å². The van der Waals surface area contributed by atoms with Crippen LogP contribution in [0.1, 0.15) is 44.1 Å². The van der Waals surface area contributed by atoms with Gasteiger partial charge in [0.25, 0.3) is 0 Å². The topological polar surface area (TPSA) is 21.3 Å². The first-order chi connectivity index (χ1) is 9.42. The summed E-state index contributed by atoms with van der Waals surface area (Å²) in [7, 11) is 0. The van der Waals surface area contributed by atoms with Gasteiger partial charge in [-0.3, -0.25) is 0 Å². The van der Waals surface area contributed by atoms with Gasteiger partial charge in [-0.25, -0.2) is 0 Å². The molecule has 1 aromatic carbocycles. The molecule has 1 aliphatic heterocycles. The quantitative estimate of drug-likeness (QED) is 0.893. The Hall–Kier alpha value is -0.860. The van der Waals surface area contributed by atoms with Crippen LogP contribution < -0.4 is 5.32 Å². The first kappa shape index (κ1) is 13.1. The number of hydrogen-bond donors (Lipinski definition) is 1. The van der Waals surface area contributed by atoms with E-state index in [1.54, 1.807) is 0 Å². The zero-order valence-electron chi connectivity index (χ0n) is 11.7. The minimum absolute atomic E-state index is 0.496. The largest absolute Gasteiger partial charge is 0.374 e. The van der Waals surface area contributed by atoms with Crippen molar-refractivity contribution in [3.8, 4) is 0 Å². The van der Waals surface area contributed by atoms with E-state index in [9.17, 15) is 0 Å². The maximum atomic E-state index is 5.99. The van der Waals surface area contributed by atoms with Gasteiger partial charge in [0, 0.05) is 6.04 Å². The van der Waals surface area contributed by atoms with Gasteiger partial charge in [0.05, 0.1) is 12.7 Å². The van der Waals surface area contributed by atoms with E-state index in [0.29, 0.717) is 6.10 Å². The molecule has 0 aromatic heterocycles. The van der Waals surface area contributed by atoms with Crippen LogP contribution in [0.15, 0.2) is 30.3 Å². The summed E-state index contributed by atoms with van der Waals surface area (Å²) in [6, 6.07) is 11.3. The fraction of sp³-hybridized carbons (Fsp3) is 0.647. The molecule has 1 aliphatic carbocycles. The molecular formula is C17H25NO. The lowest BCUT2D eigenvalue weighted by Gasteiger charge is -2.40. The molecule has 0 spiro atoms. The third kappa shape index (κ3) is 3.58. The van der Waals surface area contributed by atoms with Gasteiger partial charge in [-0.15, -0.1) is 0 Å². The van der Waals surface area contributed by atoms with Gasteiger partial charge in [0.1, 0.15) is 0 Å². The van der Waals surface area contributed by atoms with Crippen LogP contribution in [0.5, 0.6) is 0 Å². The van der Waals surface area contributed by atoms with Crippen molar-refractivity contribution in [1.82, 2.24) is 5.32 Å². The Labute approximate surface area is 116 Å². The molecule has 3 rings (SSSR count). The molecule has 1 atom stereocenters. The smallest absolute Gasteiger partial charge is 0.0720 e. The Kier molecular flexibility index (Phi) is 4.52. The van der Waals surface area contributed by atoms with Gasteiger partial charge in [-0.2, -0.15) is 0 Å². The van der Waals surface area contributed by atoms with E-state index in [0.717, 1.165) is 18.6 Å². The normalized spacial score (nSPS) is 31.5. The molecule has 0 radical (unpaired) electrons. The number of rotatable bonds is 4. The van der Waals surface area contributed by atoms with Crippen molar-refractivity contribution in [2.75, 3.05) is 6.54 Å². The Bertz CT molecular complexity index is 364. The SMILES string of the molecule is c1ccc(COC2CC(C3CCCCCN3)C2)cc1. The summed E-state index contributed by atoms with van der Waals surface area (Å²) in [5.41, 5.74) is 1.29. The van der Waals surface area contributed by atoms with Crippen LogP contribution in [0.3, 0.4) is 0 Å². The molecule has 0 amide bonds. The average Bonchev–Trinajstić information content (AvgIpc) is 2.67. The highest BCUT2D eigenvalue weighted by atomic mass is 16.5. The summed E-state index contributed by atoms with van der Waals surface area (Å²) in [4.78, 5) is 0. The van der Waals surface area contributed by atoms with Crippen molar-refractivity contribution in [2.45, 2.75) is 57.3 Å². The highest BCUT2D eigenvalue weighted by Gasteiger charge is 2.35. The monoisotopic (exact) mass is 259 g/mol. The van der Waals surface area contributed by atoms with Crippen LogP contribution in [-0.2, 0) is 11.3 Å². The molecule has 0 bridgehead atoms. The van der Waals surface area contributed by atoms with Gasteiger partial charge in [0.15, 0.2) is 0 Å². The third-order valence-electron chi connectivity index (χ3n) is 4.63. The van der Waals surface area contributed by atoms with Crippen molar-refractivity contribution in [3.05, 3.63) is 35.9 Å². The second-order valence-corrected chi connectivity index (χ2v) is 6.06. The molecule has 1 saturated heterocycles. The number of hydrogen-bond acceptors (Lipinski definition) is 2. The summed E-state index contributed by atoms with van der Waals surface area (Å²) >= 11 is 0. The molecule has 1 heterocycles. The standard InChI is InChI=1S/C17H25NO/c1-3-7-14(8-4-1)13-19-16-11-15(12-16)17-9-5-2-6-10-18-17/h1,3-4,7-8,15-18H,2,5-6,9-13H2. The second kappa shape index (κ2) is 6.53. The molecule has 2 fully saturated rings. The zero-order chi connectivity index (χ0) is 12.9. The zero-order valence-corrected chi connectivity index (χ0v) is 11.7. The summed E-state index contributed by atoms with van der Waals surface area (Å²) in [6.07, 6.45) is 8.55. The van der Waals surface area contributed by atoms with Gasteiger partial charge >= 0.3 is 0 Å². The highest BCUT2D eigenvalue weighted by Crippen LogP contribution is 2.35. The average molecular weight is 259 g/mol. The first-order valence-electron chi connectivity index (χ1n) is 7.81. The Morgan fingerprint density at radius 2 is 1.89 bits per heavy atom. The molecule has 104 valence electrons. The molecule has 2 heteroatoms. The van der Waals surface area contributed by atoms with Crippen molar-refractivity contribution in [3.63, 3.8) is 0 Å². The second-order valence-electron chi connectivity index (χ2n) is 6.06. The van der Waals surface area contributed by atoms with Crippen molar-refractivity contribution in [1.29, 1.82) is 0 Å². The van der Waals surface area contributed by atoms with E-state index in [1.807, 2.05) is 0 Å². The molecule has 2 nitrogen and oxygen atoms in total. The molecule has 1 aromatic rings. The van der Waals surface area contributed by atoms with E-state index in [2.05, 4.69) is 35.6 Å². The van der Waals surface area contributed by atoms with Gasteiger partial charge < -0.3 is 10.1 Å². The predicted octanol–water partition coefficient (Wildman–Crippen LogP) is 3.51. The lowest BCUT2D eigenvalue weighted by Crippen LogP contribution is -2.45. The number of benzene rings is 1. The maximum absolute atomic E-state index is 5.99. The molecule has 2 aliphatic rings. The molecule has 1 unspecified atom stereocenters.